The second-order valence-electron chi connectivity index (χ2n) is 4.28. The summed E-state index contributed by atoms with van der Waals surface area (Å²) in [5, 5.41) is 17.5. The van der Waals surface area contributed by atoms with Gasteiger partial charge in [0.2, 0.25) is 0 Å². The van der Waals surface area contributed by atoms with Crippen LogP contribution in [-0.4, -0.2) is 22.4 Å². The van der Waals surface area contributed by atoms with Gasteiger partial charge in [0.25, 0.3) is 0 Å². The predicted molar refractivity (Wildman–Crippen MR) is 60.3 cm³/mol. The van der Waals surface area contributed by atoms with Gasteiger partial charge in [-0.25, -0.2) is 0 Å². The van der Waals surface area contributed by atoms with Gasteiger partial charge in [0.05, 0.1) is 12.2 Å². The molecule has 0 spiro atoms. The van der Waals surface area contributed by atoms with Crippen molar-refractivity contribution in [2.75, 3.05) is 0 Å². The molecular formula is C12H26O2. The molecule has 86 valence electrons. The monoisotopic (exact) mass is 202 g/mol. The highest BCUT2D eigenvalue weighted by Crippen LogP contribution is 2.16. The van der Waals surface area contributed by atoms with Gasteiger partial charge >= 0.3 is 0 Å². The van der Waals surface area contributed by atoms with E-state index in [-0.39, 0.29) is 12.2 Å². The molecule has 0 amide bonds. The Hall–Kier alpha value is -0.0800. The first-order valence-electron chi connectivity index (χ1n) is 6.03. The fraction of sp³-hybridized carbons (Fsp3) is 1.00. The molecule has 0 aromatic heterocycles. The number of hydrogen-bond donors (Lipinski definition) is 2. The van der Waals surface area contributed by atoms with Gasteiger partial charge in [-0.3, -0.25) is 0 Å². The van der Waals surface area contributed by atoms with Crippen LogP contribution in [-0.2, 0) is 0 Å². The van der Waals surface area contributed by atoms with E-state index in [2.05, 4.69) is 6.92 Å². The Kier molecular flexibility index (Phi) is 9.42. The lowest BCUT2D eigenvalue weighted by Gasteiger charge is -2.00. The fourth-order valence-corrected chi connectivity index (χ4v) is 1.59. The Morgan fingerprint density at radius 3 is 2.07 bits per heavy atom. The second kappa shape index (κ2) is 9.47. The van der Waals surface area contributed by atoms with Crippen molar-refractivity contribution in [3.63, 3.8) is 0 Å². The minimum atomic E-state index is -0.0958. The van der Waals surface area contributed by atoms with Crippen LogP contribution in [0.15, 0.2) is 0 Å². The van der Waals surface area contributed by atoms with E-state index in [4.69, 9.17) is 10.2 Å². The average Bonchev–Trinajstić information content (AvgIpc) is 2.57. The summed E-state index contributed by atoms with van der Waals surface area (Å²) in [6.45, 7) is 4.01. The zero-order valence-electron chi connectivity index (χ0n) is 9.71. The number of aliphatic hydroxyl groups excluding tert-OH is 2. The van der Waals surface area contributed by atoms with E-state index in [0.717, 1.165) is 19.3 Å². The summed E-state index contributed by atoms with van der Waals surface area (Å²) >= 11 is 0. The molecule has 2 nitrogen and oxygen atoms in total. The van der Waals surface area contributed by atoms with Crippen molar-refractivity contribution in [2.24, 2.45) is 0 Å². The minimum absolute atomic E-state index is 0.0463. The number of rotatable bonds is 4. The van der Waals surface area contributed by atoms with Crippen LogP contribution in [0, 0.1) is 0 Å². The van der Waals surface area contributed by atoms with Crippen molar-refractivity contribution >= 4 is 0 Å². The van der Waals surface area contributed by atoms with Gasteiger partial charge < -0.3 is 10.2 Å². The van der Waals surface area contributed by atoms with Crippen LogP contribution in [0.2, 0.25) is 0 Å². The van der Waals surface area contributed by atoms with Crippen LogP contribution >= 0.6 is 0 Å². The highest BCUT2D eigenvalue weighted by Gasteiger charge is 2.09. The van der Waals surface area contributed by atoms with Crippen LogP contribution in [0.3, 0.4) is 0 Å². The van der Waals surface area contributed by atoms with Gasteiger partial charge in [-0.15, -0.1) is 0 Å². The van der Waals surface area contributed by atoms with Crippen LogP contribution in [0.5, 0.6) is 0 Å². The molecule has 1 rings (SSSR count). The predicted octanol–water partition coefficient (Wildman–Crippen LogP) is 2.87. The molecular weight excluding hydrogens is 176 g/mol. The highest BCUT2D eigenvalue weighted by molar-refractivity contribution is 4.63. The van der Waals surface area contributed by atoms with Crippen molar-refractivity contribution in [3.8, 4) is 0 Å². The topological polar surface area (TPSA) is 40.5 Å². The van der Waals surface area contributed by atoms with Crippen molar-refractivity contribution in [2.45, 2.75) is 77.4 Å². The zero-order chi connectivity index (χ0) is 10.8. The quantitative estimate of drug-likeness (QED) is 0.688. The summed E-state index contributed by atoms with van der Waals surface area (Å²) in [7, 11) is 0. The van der Waals surface area contributed by atoms with E-state index in [1.165, 1.54) is 32.1 Å². The summed E-state index contributed by atoms with van der Waals surface area (Å²) in [6.07, 6.45) is 9.15. The Labute approximate surface area is 88.3 Å². The molecule has 1 atom stereocenters. The molecule has 0 aliphatic heterocycles. The molecule has 14 heavy (non-hydrogen) atoms. The maximum Gasteiger partial charge on any atom is 0.0540 e. The van der Waals surface area contributed by atoms with Crippen molar-refractivity contribution in [1.82, 2.24) is 0 Å². The molecule has 1 aliphatic rings. The van der Waals surface area contributed by atoms with Crippen molar-refractivity contribution in [3.05, 3.63) is 0 Å². The Morgan fingerprint density at radius 1 is 1.21 bits per heavy atom. The van der Waals surface area contributed by atoms with Crippen molar-refractivity contribution in [1.29, 1.82) is 0 Å². The molecule has 0 aromatic carbocycles. The minimum Gasteiger partial charge on any atom is -0.393 e. The molecule has 0 radical (unpaired) electrons. The molecule has 1 fully saturated rings. The lowest BCUT2D eigenvalue weighted by atomic mass is 10.1. The number of unbranched alkanes of at least 4 members (excludes halogenated alkanes) is 2. The van der Waals surface area contributed by atoms with Gasteiger partial charge in [-0.05, 0) is 26.2 Å². The van der Waals surface area contributed by atoms with Crippen LogP contribution < -0.4 is 0 Å². The Balaban J connectivity index is 0.000000249. The molecule has 0 heterocycles. The third kappa shape index (κ3) is 10.0. The normalized spacial score (nSPS) is 18.9. The first kappa shape index (κ1) is 13.9. The molecule has 1 saturated carbocycles. The molecule has 1 unspecified atom stereocenters. The van der Waals surface area contributed by atoms with Crippen molar-refractivity contribution < 1.29 is 10.2 Å². The summed E-state index contributed by atoms with van der Waals surface area (Å²) in [4.78, 5) is 0. The molecule has 1 aliphatic carbocycles. The molecule has 2 N–H and O–H groups in total. The third-order valence-corrected chi connectivity index (χ3v) is 2.55. The SMILES string of the molecule is CCCCCC(C)O.OC1CCCC1. The van der Waals surface area contributed by atoms with Gasteiger partial charge in [0.1, 0.15) is 0 Å². The highest BCUT2D eigenvalue weighted by atomic mass is 16.3. The number of aliphatic hydroxyl groups is 2. The van der Waals surface area contributed by atoms with Crippen LogP contribution in [0.25, 0.3) is 0 Å². The Bertz CT molecular complexity index is 107. The maximum absolute atomic E-state index is 8.78. The fourth-order valence-electron chi connectivity index (χ4n) is 1.59. The van der Waals surface area contributed by atoms with E-state index in [1.54, 1.807) is 0 Å². The second-order valence-corrected chi connectivity index (χ2v) is 4.28. The van der Waals surface area contributed by atoms with Gasteiger partial charge in [-0.1, -0.05) is 39.0 Å². The van der Waals surface area contributed by atoms with Gasteiger partial charge in [-0.2, -0.15) is 0 Å². The molecule has 0 bridgehead atoms. The van der Waals surface area contributed by atoms with E-state index in [9.17, 15) is 0 Å². The zero-order valence-corrected chi connectivity index (χ0v) is 9.71. The summed E-state index contributed by atoms with van der Waals surface area (Å²) in [6, 6.07) is 0. The molecule has 2 heteroatoms. The largest absolute Gasteiger partial charge is 0.393 e. The lowest BCUT2D eigenvalue weighted by Crippen LogP contribution is -1.97. The standard InChI is InChI=1S/C7H16O.C5H10O/c1-3-4-5-6-7(2)8;6-5-3-1-2-4-5/h7-8H,3-6H2,1-2H3;5-6H,1-4H2. The molecule has 0 saturated heterocycles. The number of hydrogen-bond acceptors (Lipinski definition) is 2. The van der Waals surface area contributed by atoms with Gasteiger partial charge in [0.15, 0.2) is 0 Å². The van der Waals surface area contributed by atoms with E-state index in [0.29, 0.717) is 0 Å². The average molecular weight is 202 g/mol. The van der Waals surface area contributed by atoms with E-state index in [1.807, 2.05) is 6.92 Å². The third-order valence-electron chi connectivity index (χ3n) is 2.55. The lowest BCUT2D eigenvalue weighted by molar-refractivity contribution is 0.180. The smallest absolute Gasteiger partial charge is 0.0540 e. The molecule has 0 aromatic rings. The summed E-state index contributed by atoms with van der Waals surface area (Å²) in [5.41, 5.74) is 0. The first-order chi connectivity index (χ1) is 6.66. The van der Waals surface area contributed by atoms with E-state index >= 15 is 0 Å². The van der Waals surface area contributed by atoms with Gasteiger partial charge in [0, 0.05) is 0 Å². The van der Waals surface area contributed by atoms with E-state index < -0.39 is 0 Å². The Morgan fingerprint density at radius 2 is 1.79 bits per heavy atom. The maximum atomic E-state index is 8.78. The van der Waals surface area contributed by atoms with Crippen LogP contribution in [0.4, 0.5) is 0 Å². The first-order valence-corrected chi connectivity index (χ1v) is 6.03. The summed E-state index contributed by atoms with van der Waals surface area (Å²) in [5.74, 6) is 0. The van der Waals surface area contributed by atoms with Crippen LogP contribution in [0.1, 0.15) is 65.2 Å². The summed E-state index contributed by atoms with van der Waals surface area (Å²) < 4.78 is 0.